The van der Waals surface area contributed by atoms with Gasteiger partial charge >= 0.3 is 0 Å². The zero-order chi connectivity index (χ0) is 13.7. The number of phenolic OH excluding ortho intramolecular Hbond substituents is 1. The highest BCUT2D eigenvalue weighted by Crippen LogP contribution is 2.18. The standard InChI is InChI=1S/C14H14N2O2S/c1-2-11(10-6-3-4-7-12(10)17)15-16-14(18)13-8-5-9-19-13/h3-9,17H,2H2,1H3,(H,16,18)/b15-11+. The SMILES string of the molecule is CC/C(=N\NC(=O)c1cccs1)c1ccccc1O. The van der Waals surface area contributed by atoms with Crippen molar-refractivity contribution >= 4 is 23.0 Å². The molecule has 5 heteroatoms. The van der Waals surface area contributed by atoms with Crippen LogP contribution < -0.4 is 5.43 Å². The topological polar surface area (TPSA) is 61.7 Å². The molecule has 1 aromatic heterocycles. The van der Waals surface area contributed by atoms with Gasteiger partial charge in [0.2, 0.25) is 0 Å². The Kier molecular flexibility index (Phi) is 4.30. The van der Waals surface area contributed by atoms with Gasteiger partial charge in [-0.15, -0.1) is 11.3 Å². The second-order valence-electron chi connectivity index (χ2n) is 3.85. The summed E-state index contributed by atoms with van der Waals surface area (Å²) >= 11 is 1.36. The largest absolute Gasteiger partial charge is 0.507 e. The molecule has 0 saturated carbocycles. The Balaban J connectivity index is 2.16. The Morgan fingerprint density at radius 3 is 2.74 bits per heavy atom. The molecule has 0 aliphatic heterocycles. The molecule has 0 atom stereocenters. The second-order valence-corrected chi connectivity index (χ2v) is 4.80. The number of nitrogens with zero attached hydrogens (tertiary/aromatic N) is 1. The first-order chi connectivity index (χ1) is 9.22. The van der Waals surface area contributed by atoms with Crippen molar-refractivity contribution in [3.05, 3.63) is 52.2 Å². The van der Waals surface area contributed by atoms with Gasteiger partial charge in [0, 0.05) is 5.56 Å². The molecule has 0 spiro atoms. The van der Waals surface area contributed by atoms with E-state index in [0.717, 1.165) is 0 Å². The molecule has 1 amide bonds. The zero-order valence-corrected chi connectivity index (χ0v) is 11.3. The highest BCUT2D eigenvalue weighted by Gasteiger charge is 2.09. The average molecular weight is 274 g/mol. The van der Waals surface area contributed by atoms with Crippen LogP contribution in [-0.4, -0.2) is 16.7 Å². The van der Waals surface area contributed by atoms with Crippen LogP contribution in [0.5, 0.6) is 5.75 Å². The summed E-state index contributed by atoms with van der Waals surface area (Å²) in [5.74, 6) is -0.0788. The number of phenols is 1. The number of aromatic hydroxyl groups is 1. The summed E-state index contributed by atoms with van der Waals surface area (Å²) in [4.78, 5) is 12.4. The van der Waals surface area contributed by atoms with E-state index >= 15 is 0 Å². The first kappa shape index (κ1) is 13.3. The van der Waals surface area contributed by atoms with E-state index in [4.69, 9.17) is 0 Å². The van der Waals surface area contributed by atoms with Crippen LogP contribution in [0.15, 0.2) is 46.9 Å². The number of benzene rings is 1. The Bertz CT molecular complexity index is 591. The van der Waals surface area contributed by atoms with Crippen LogP contribution in [0.1, 0.15) is 28.6 Å². The third-order valence-electron chi connectivity index (χ3n) is 2.59. The quantitative estimate of drug-likeness (QED) is 0.665. The van der Waals surface area contributed by atoms with E-state index in [1.807, 2.05) is 24.4 Å². The van der Waals surface area contributed by atoms with Crippen LogP contribution in [0.2, 0.25) is 0 Å². The maximum Gasteiger partial charge on any atom is 0.281 e. The van der Waals surface area contributed by atoms with Crippen molar-refractivity contribution < 1.29 is 9.90 Å². The van der Waals surface area contributed by atoms with E-state index in [-0.39, 0.29) is 11.7 Å². The van der Waals surface area contributed by atoms with Gasteiger partial charge < -0.3 is 5.11 Å². The van der Waals surface area contributed by atoms with Crippen LogP contribution in [0.25, 0.3) is 0 Å². The van der Waals surface area contributed by atoms with Gasteiger partial charge in [0.05, 0.1) is 10.6 Å². The van der Waals surface area contributed by atoms with Crippen molar-refractivity contribution in [2.45, 2.75) is 13.3 Å². The summed E-state index contributed by atoms with van der Waals surface area (Å²) in [6.07, 6.45) is 0.613. The summed E-state index contributed by atoms with van der Waals surface area (Å²) in [6, 6.07) is 10.5. The molecule has 0 aliphatic carbocycles. The second kappa shape index (κ2) is 6.15. The first-order valence-electron chi connectivity index (χ1n) is 5.91. The Morgan fingerprint density at radius 2 is 2.11 bits per heavy atom. The average Bonchev–Trinajstić information content (AvgIpc) is 2.95. The maximum atomic E-state index is 11.8. The normalized spacial score (nSPS) is 11.3. The molecule has 0 bridgehead atoms. The van der Waals surface area contributed by atoms with Crippen molar-refractivity contribution in [1.29, 1.82) is 0 Å². The number of hydrogen-bond acceptors (Lipinski definition) is 4. The highest BCUT2D eigenvalue weighted by atomic mass is 32.1. The van der Waals surface area contributed by atoms with Gasteiger partial charge in [0.25, 0.3) is 5.91 Å². The van der Waals surface area contributed by atoms with Gasteiger partial charge in [-0.1, -0.05) is 25.1 Å². The number of rotatable bonds is 4. The van der Waals surface area contributed by atoms with Crippen LogP contribution in [0.4, 0.5) is 0 Å². The van der Waals surface area contributed by atoms with Gasteiger partial charge in [0.1, 0.15) is 5.75 Å². The summed E-state index contributed by atoms with van der Waals surface area (Å²) in [5.41, 5.74) is 3.79. The number of thiophene rings is 1. The predicted octanol–water partition coefficient (Wildman–Crippen LogP) is 3.00. The van der Waals surface area contributed by atoms with Crippen molar-refractivity contribution in [1.82, 2.24) is 5.43 Å². The summed E-state index contributed by atoms with van der Waals surface area (Å²) in [5, 5.41) is 15.7. The molecule has 19 heavy (non-hydrogen) atoms. The molecular weight excluding hydrogens is 260 g/mol. The lowest BCUT2D eigenvalue weighted by atomic mass is 10.1. The number of amides is 1. The summed E-state index contributed by atoms with van der Waals surface area (Å²) in [6.45, 7) is 1.92. The minimum Gasteiger partial charge on any atom is -0.507 e. The lowest BCUT2D eigenvalue weighted by Crippen LogP contribution is -2.18. The van der Waals surface area contributed by atoms with Gasteiger partial charge in [-0.25, -0.2) is 5.43 Å². The van der Waals surface area contributed by atoms with E-state index < -0.39 is 0 Å². The first-order valence-corrected chi connectivity index (χ1v) is 6.79. The maximum absolute atomic E-state index is 11.8. The third kappa shape index (κ3) is 3.20. The minimum absolute atomic E-state index is 0.161. The number of para-hydroxylation sites is 1. The fourth-order valence-corrected chi connectivity index (χ4v) is 2.24. The molecule has 0 unspecified atom stereocenters. The molecule has 1 heterocycles. The van der Waals surface area contributed by atoms with Gasteiger partial charge in [0.15, 0.2) is 0 Å². The number of carbonyl (C=O) groups is 1. The van der Waals surface area contributed by atoms with Crippen molar-refractivity contribution in [2.75, 3.05) is 0 Å². The molecule has 98 valence electrons. The molecule has 1 aromatic carbocycles. The summed E-state index contributed by atoms with van der Waals surface area (Å²) in [7, 11) is 0. The van der Waals surface area contributed by atoms with E-state index in [2.05, 4.69) is 10.5 Å². The van der Waals surface area contributed by atoms with E-state index in [0.29, 0.717) is 22.6 Å². The molecule has 0 aliphatic rings. The molecule has 2 rings (SSSR count). The fourth-order valence-electron chi connectivity index (χ4n) is 1.63. The fraction of sp³-hybridized carbons (Fsp3) is 0.143. The Hall–Kier alpha value is -2.14. The number of carbonyl (C=O) groups excluding carboxylic acids is 1. The molecule has 0 fully saturated rings. The van der Waals surface area contributed by atoms with Gasteiger partial charge in [-0.3, -0.25) is 4.79 Å². The Labute approximate surface area is 115 Å². The third-order valence-corrected chi connectivity index (χ3v) is 3.46. The Morgan fingerprint density at radius 1 is 1.32 bits per heavy atom. The smallest absolute Gasteiger partial charge is 0.281 e. The van der Waals surface area contributed by atoms with Crippen molar-refractivity contribution in [3.63, 3.8) is 0 Å². The number of hydrazone groups is 1. The molecule has 0 saturated heterocycles. The lowest BCUT2D eigenvalue weighted by Gasteiger charge is -2.06. The van der Waals surface area contributed by atoms with Gasteiger partial charge in [-0.2, -0.15) is 5.10 Å². The highest BCUT2D eigenvalue weighted by molar-refractivity contribution is 7.12. The van der Waals surface area contributed by atoms with Crippen LogP contribution >= 0.6 is 11.3 Å². The monoisotopic (exact) mass is 274 g/mol. The van der Waals surface area contributed by atoms with E-state index in [1.165, 1.54) is 11.3 Å². The van der Waals surface area contributed by atoms with Crippen LogP contribution in [0.3, 0.4) is 0 Å². The molecule has 4 nitrogen and oxygen atoms in total. The minimum atomic E-state index is -0.239. The molecule has 2 N–H and O–H groups in total. The lowest BCUT2D eigenvalue weighted by molar-refractivity contribution is 0.0959. The number of hydrogen-bond donors (Lipinski definition) is 2. The predicted molar refractivity (Wildman–Crippen MR) is 76.7 cm³/mol. The zero-order valence-electron chi connectivity index (χ0n) is 10.5. The van der Waals surface area contributed by atoms with Gasteiger partial charge in [-0.05, 0) is 30.0 Å². The van der Waals surface area contributed by atoms with Crippen LogP contribution in [0, 0.1) is 0 Å². The summed E-state index contributed by atoms with van der Waals surface area (Å²) < 4.78 is 0. The molecular formula is C14H14N2O2S. The van der Waals surface area contributed by atoms with Crippen molar-refractivity contribution in [2.24, 2.45) is 5.10 Å². The number of nitrogens with one attached hydrogen (secondary N) is 1. The van der Waals surface area contributed by atoms with Crippen molar-refractivity contribution in [3.8, 4) is 5.75 Å². The van der Waals surface area contributed by atoms with E-state index in [9.17, 15) is 9.90 Å². The molecule has 0 radical (unpaired) electrons. The molecule has 2 aromatic rings. The van der Waals surface area contributed by atoms with E-state index in [1.54, 1.807) is 24.3 Å². The van der Waals surface area contributed by atoms with Crippen LogP contribution in [-0.2, 0) is 0 Å².